The van der Waals surface area contributed by atoms with Crippen LogP contribution in [0.1, 0.15) is 22.3 Å². The summed E-state index contributed by atoms with van der Waals surface area (Å²) in [7, 11) is 0. The Kier molecular flexibility index (Phi) is 9.84. The minimum atomic E-state index is 0.497. The van der Waals surface area contributed by atoms with E-state index in [1.807, 2.05) is 72.8 Å². The molecule has 0 amide bonds. The maximum absolute atomic E-state index is 8.89. The summed E-state index contributed by atoms with van der Waals surface area (Å²) in [5, 5.41) is 39.9. The van der Waals surface area contributed by atoms with Crippen molar-refractivity contribution < 1.29 is 0 Å². The highest BCUT2D eigenvalue weighted by Crippen LogP contribution is 2.19. The SMILES string of the molecule is N#Cc1ccc(NC(=S)NCc2ccc(N=Nc3ccc(CNC(=S)Nc4ccc(C#N)cc4)cc3)cc2)cc1. The molecule has 0 aliphatic heterocycles. The lowest BCUT2D eigenvalue weighted by atomic mass is 10.2. The molecule has 0 aromatic heterocycles. The second-order valence-electron chi connectivity index (χ2n) is 8.53. The highest BCUT2D eigenvalue weighted by Gasteiger charge is 2.01. The topological polar surface area (TPSA) is 120 Å². The van der Waals surface area contributed by atoms with Crippen molar-refractivity contribution in [2.75, 3.05) is 10.6 Å². The molecular formula is C30H24N8S2. The Morgan fingerprint density at radius 3 is 1.23 bits per heavy atom. The number of anilines is 2. The molecule has 4 rings (SSSR count). The van der Waals surface area contributed by atoms with Crippen LogP contribution in [0, 0.1) is 22.7 Å². The Balaban J connectivity index is 1.20. The summed E-state index contributed by atoms with van der Waals surface area (Å²) in [6.45, 7) is 1.11. The summed E-state index contributed by atoms with van der Waals surface area (Å²) in [4.78, 5) is 0. The van der Waals surface area contributed by atoms with Crippen molar-refractivity contribution in [2.24, 2.45) is 10.2 Å². The molecule has 0 saturated carbocycles. The van der Waals surface area contributed by atoms with Crippen LogP contribution in [0.2, 0.25) is 0 Å². The highest BCUT2D eigenvalue weighted by atomic mass is 32.1. The summed E-state index contributed by atoms with van der Waals surface area (Å²) >= 11 is 10.7. The molecule has 0 fully saturated rings. The van der Waals surface area contributed by atoms with Gasteiger partial charge in [-0.25, -0.2) is 0 Å². The van der Waals surface area contributed by atoms with E-state index in [1.54, 1.807) is 24.3 Å². The lowest BCUT2D eigenvalue weighted by Crippen LogP contribution is -2.27. The van der Waals surface area contributed by atoms with Gasteiger partial charge in [-0.05, 0) is 108 Å². The van der Waals surface area contributed by atoms with Crippen LogP contribution < -0.4 is 21.3 Å². The number of azo groups is 1. The number of hydrogen-bond donors (Lipinski definition) is 4. The van der Waals surface area contributed by atoms with Crippen molar-refractivity contribution in [1.82, 2.24) is 10.6 Å². The number of nitrogens with zero attached hydrogens (tertiary/aromatic N) is 4. The lowest BCUT2D eigenvalue weighted by Gasteiger charge is -2.11. The van der Waals surface area contributed by atoms with E-state index in [4.69, 9.17) is 35.0 Å². The van der Waals surface area contributed by atoms with Crippen molar-refractivity contribution in [3.8, 4) is 12.1 Å². The first-order valence-corrected chi connectivity index (χ1v) is 13.0. The van der Waals surface area contributed by atoms with Crippen LogP contribution in [-0.4, -0.2) is 10.2 Å². The Bertz CT molecular complexity index is 1450. The van der Waals surface area contributed by atoms with Gasteiger partial charge in [0.25, 0.3) is 0 Å². The van der Waals surface area contributed by atoms with Gasteiger partial charge in [0.15, 0.2) is 10.2 Å². The summed E-state index contributed by atoms with van der Waals surface area (Å²) in [5.41, 5.74) is 6.41. The van der Waals surface area contributed by atoms with E-state index in [9.17, 15) is 0 Å². The van der Waals surface area contributed by atoms with Crippen LogP contribution in [-0.2, 0) is 13.1 Å². The average molecular weight is 561 g/mol. The number of hydrogen-bond acceptors (Lipinski definition) is 6. The van der Waals surface area contributed by atoms with Crippen molar-refractivity contribution in [3.05, 3.63) is 119 Å². The van der Waals surface area contributed by atoms with E-state index in [1.165, 1.54) is 0 Å². The maximum atomic E-state index is 8.89. The van der Waals surface area contributed by atoms with E-state index >= 15 is 0 Å². The van der Waals surface area contributed by atoms with Gasteiger partial charge in [-0.3, -0.25) is 0 Å². The number of benzene rings is 4. The van der Waals surface area contributed by atoms with Gasteiger partial charge in [0.05, 0.1) is 34.6 Å². The molecule has 40 heavy (non-hydrogen) atoms. The van der Waals surface area contributed by atoms with Crippen LogP contribution >= 0.6 is 24.4 Å². The molecule has 8 nitrogen and oxygen atoms in total. The van der Waals surface area contributed by atoms with Gasteiger partial charge in [0, 0.05) is 24.5 Å². The third-order valence-electron chi connectivity index (χ3n) is 5.60. The summed E-state index contributed by atoms with van der Waals surface area (Å²) in [6, 6.07) is 33.8. The molecule has 0 aliphatic carbocycles. The molecule has 4 N–H and O–H groups in total. The second kappa shape index (κ2) is 14.1. The lowest BCUT2D eigenvalue weighted by molar-refractivity contribution is 0.925. The predicted molar refractivity (Wildman–Crippen MR) is 165 cm³/mol. The fraction of sp³-hybridized carbons (Fsp3) is 0.0667. The Morgan fingerprint density at radius 2 is 0.900 bits per heavy atom. The molecule has 0 aliphatic rings. The number of nitrogens with one attached hydrogen (secondary N) is 4. The number of rotatable bonds is 8. The third kappa shape index (κ3) is 8.71. The van der Waals surface area contributed by atoms with Gasteiger partial charge in [0.1, 0.15) is 0 Å². The molecule has 0 radical (unpaired) electrons. The van der Waals surface area contributed by atoms with Gasteiger partial charge in [-0.1, -0.05) is 24.3 Å². The fourth-order valence-corrected chi connectivity index (χ4v) is 3.83. The Labute approximate surface area is 243 Å². The first-order chi connectivity index (χ1) is 19.5. The number of thiocarbonyl (C=S) groups is 2. The van der Waals surface area contributed by atoms with Gasteiger partial charge in [-0.2, -0.15) is 20.8 Å². The zero-order chi connectivity index (χ0) is 28.2. The standard InChI is InChI=1S/C30H24N8S2/c31-17-21-1-9-25(10-2-21)35-29(39)33-19-23-5-13-27(14-6-23)37-38-28-15-7-24(8-16-28)20-34-30(40)36-26-11-3-22(18-32)4-12-26/h1-16H,19-20H2,(H2,33,35,39)(H2,34,36,40). The van der Waals surface area contributed by atoms with Gasteiger partial charge in [0.2, 0.25) is 0 Å². The molecular weight excluding hydrogens is 537 g/mol. The average Bonchev–Trinajstić information content (AvgIpc) is 3.00. The van der Waals surface area contributed by atoms with E-state index in [0.717, 1.165) is 33.9 Å². The summed E-state index contributed by atoms with van der Waals surface area (Å²) in [6.07, 6.45) is 0. The monoisotopic (exact) mass is 560 g/mol. The molecule has 0 unspecified atom stereocenters. The third-order valence-corrected chi connectivity index (χ3v) is 6.10. The summed E-state index contributed by atoms with van der Waals surface area (Å²) in [5.74, 6) is 0. The molecule has 4 aromatic carbocycles. The molecule has 4 aromatic rings. The zero-order valence-electron chi connectivity index (χ0n) is 21.3. The van der Waals surface area contributed by atoms with Gasteiger partial charge < -0.3 is 21.3 Å². The van der Waals surface area contributed by atoms with Crippen LogP contribution in [0.5, 0.6) is 0 Å². The Hall–Kier alpha value is -5.16. The minimum absolute atomic E-state index is 0.497. The molecule has 196 valence electrons. The van der Waals surface area contributed by atoms with Crippen molar-refractivity contribution in [2.45, 2.75) is 13.1 Å². The van der Waals surface area contributed by atoms with Crippen LogP contribution in [0.3, 0.4) is 0 Å². The van der Waals surface area contributed by atoms with Crippen LogP contribution in [0.15, 0.2) is 107 Å². The van der Waals surface area contributed by atoms with Crippen molar-refractivity contribution in [3.63, 3.8) is 0 Å². The number of nitriles is 2. The van der Waals surface area contributed by atoms with E-state index in [2.05, 4.69) is 43.6 Å². The molecule has 0 atom stereocenters. The predicted octanol–water partition coefficient (Wildman–Crippen LogP) is 6.82. The van der Waals surface area contributed by atoms with E-state index < -0.39 is 0 Å². The first kappa shape index (κ1) is 27.9. The van der Waals surface area contributed by atoms with E-state index in [-0.39, 0.29) is 0 Å². The van der Waals surface area contributed by atoms with Gasteiger partial charge in [-0.15, -0.1) is 0 Å². The van der Waals surface area contributed by atoms with Crippen LogP contribution in [0.4, 0.5) is 22.7 Å². The molecule has 0 heterocycles. The van der Waals surface area contributed by atoms with E-state index in [0.29, 0.717) is 34.4 Å². The largest absolute Gasteiger partial charge is 0.358 e. The molecule has 10 heteroatoms. The summed E-state index contributed by atoms with van der Waals surface area (Å²) < 4.78 is 0. The quantitative estimate of drug-likeness (QED) is 0.137. The van der Waals surface area contributed by atoms with Gasteiger partial charge >= 0.3 is 0 Å². The normalized spacial score (nSPS) is 10.2. The fourth-order valence-electron chi connectivity index (χ4n) is 3.45. The first-order valence-electron chi connectivity index (χ1n) is 12.2. The minimum Gasteiger partial charge on any atom is -0.358 e. The highest BCUT2D eigenvalue weighted by molar-refractivity contribution is 7.80. The Morgan fingerprint density at radius 1 is 0.550 bits per heavy atom. The van der Waals surface area contributed by atoms with Crippen molar-refractivity contribution in [1.29, 1.82) is 10.5 Å². The molecule has 0 bridgehead atoms. The molecule has 0 saturated heterocycles. The molecule has 0 spiro atoms. The second-order valence-corrected chi connectivity index (χ2v) is 9.34. The smallest absolute Gasteiger partial charge is 0.171 e. The maximum Gasteiger partial charge on any atom is 0.171 e. The zero-order valence-corrected chi connectivity index (χ0v) is 22.9. The van der Waals surface area contributed by atoms with Crippen molar-refractivity contribution >= 4 is 57.4 Å². The van der Waals surface area contributed by atoms with Crippen LogP contribution in [0.25, 0.3) is 0 Å².